The molecular weight excluding hydrogens is 304 g/mol. The molecule has 6 nitrogen and oxygen atoms in total. The fourth-order valence-corrected chi connectivity index (χ4v) is 2.10. The summed E-state index contributed by atoms with van der Waals surface area (Å²) < 4.78 is 32.0. The molecule has 1 aliphatic rings. The van der Waals surface area contributed by atoms with E-state index >= 15 is 0 Å². The number of halogens is 2. The summed E-state index contributed by atoms with van der Waals surface area (Å²) >= 11 is 0. The van der Waals surface area contributed by atoms with Gasteiger partial charge in [0, 0.05) is 39.1 Å². The quantitative estimate of drug-likeness (QED) is 0.428. The number of nitrogens with zero attached hydrogens (tertiary/aromatic N) is 4. The number of aromatic nitrogens is 2. The molecule has 0 radical (unpaired) electrons. The molecule has 0 unspecified atom stereocenters. The summed E-state index contributed by atoms with van der Waals surface area (Å²) in [5.41, 5.74) is 0. The lowest BCUT2D eigenvalue weighted by atomic mass is 10.5. The van der Waals surface area contributed by atoms with Gasteiger partial charge in [-0.25, -0.2) is 9.98 Å². The number of hydrogen-bond donors (Lipinski definition) is 1. The highest BCUT2D eigenvalue weighted by atomic mass is 19.3. The van der Waals surface area contributed by atoms with Crippen LogP contribution in [0, 0.1) is 5.92 Å². The maximum absolute atomic E-state index is 12.8. The van der Waals surface area contributed by atoms with Gasteiger partial charge in [-0.1, -0.05) is 0 Å². The maximum Gasteiger partial charge on any atom is 0.319 e. The summed E-state index contributed by atoms with van der Waals surface area (Å²) in [5, 5.41) is 3.15. The first kappa shape index (κ1) is 17.7. The first-order valence-electron chi connectivity index (χ1n) is 7.98. The molecule has 0 saturated heterocycles. The zero-order valence-corrected chi connectivity index (χ0v) is 13.7. The Kier molecular flexibility index (Phi) is 6.76. The molecule has 0 bridgehead atoms. The molecular formula is C15H25F2N5O. The Hall–Kier alpha value is -1.70. The van der Waals surface area contributed by atoms with Crippen LogP contribution in [0.4, 0.5) is 8.78 Å². The normalized spacial score (nSPS) is 15.3. The smallest absolute Gasteiger partial charge is 0.319 e. The van der Waals surface area contributed by atoms with Crippen LogP contribution in [0.5, 0.6) is 0 Å². The van der Waals surface area contributed by atoms with Crippen molar-refractivity contribution in [3.05, 3.63) is 18.2 Å². The highest BCUT2D eigenvalue weighted by molar-refractivity contribution is 5.79. The fraction of sp³-hybridized carbons (Fsp3) is 0.733. The van der Waals surface area contributed by atoms with E-state index in [4.69, 9.17) is 4.74 Å². The third kappa shape index (κ3) is 5.78. The van der Waals surface area contributed by atoms with Crippen molar-refractivity contribution in [1.82, 2.24) is 19.8 Å². The summed E-state index contributed by atoms with van der Waals surface area (Å²) in [6.45, 7) is 2.33. The van der Waals surface area contributed by atoms with Crippen LogP contribution >= 0.6 is 0 Å². The van der Waals surface area contributed by atoms with Crippen molar-refractivity contribution in [2.75, 3.05) is 33.4 Å². The second kappa shape index (κ2) is 8.81. The summed E-state index contributed by atoms with van der Waals surface area (Å²) in [4.78, 5) is 10.3. The van der Waals surface area contributed by atoms with Crippen LogP contribution < -0.4 is 5.32 Å². The fourth-order valence-electron chi connectivity index (χ4n) is 2.10. The van der Waals surface area contributed by atoms with Gasteiger partial charge < -0.3 is 15.0 Å². The van der Waals surface area contributed by atoms with Crippen molar-refractivity contribution >= 4 is 5.96 Å². The molecule has 2 rings (SSSR count). The zero-order valence-electron chi connectivity index (χ0n) is 13.7. The molecule has 1 heterocycles. The largest absolute Gasteiger partial charge is 0.379 e. The van der Waals surface area contributed by atoms with Gasteiger partial charge in [-0.3, -0.25) is 4.57 Å². The molecule has 1 saturated carbocycles. The Morgan fingerprint density at radius 3 is 3.00 bits per heavy atom. The minimum Gasteiger partial charge on any atom is -0.379 e. The first-order valence-corrected chi connectivity index (χ1v) is 7.98. The van der Waals surface area contributed by atoms with Gasteiger partial charge >= 0.3 is 6.55 Å². The van der Waals surface area contributed by atoms with E-state index in [2.05, 4.69) is 15.3 Å². The van der Waals surface area contributed by atoms with E-state index in [0.29, 0.717) is 25.7 Å². The molecule has 0 amide bonds. The molecule has 0 aromatic carbocycles. The number of imidazole rings is 1. The molecule has 23 heavy (non-hydrogen) atoms. The van der Waals surface area contributed by atoms with E-state index in [1.807, 2.05) is 18.9 Å². The predicted octanol–water partition coefficient (Wildman–Crippen LogP) is 2.10. The molecule has 8 heteroatoms. The second-order valence-electron chi connectivity index (χ2n) is 5.64. The van der Waals surface area contributed by atoms with Crippen molar-refractivity contribution in [1.29, 1.82) is 0 Å². The number of nitrogens with one attached hydrogen (secondary N) is 1. The average Bonchev–Trinajstić information content (AvgIpc) is 3.22. The van der Waals surface area contributed by atoms with Crippen molar-refractivity contribution in [3.8, 4) is 0 Å². The SMILES string of the molecule is CCNC(=NCc1nccn1C(F)F)N(C)CCOCC1CC1. The molecule has 1 aromatic rings. The Labute approximate surface area is 135 Å². The monoisotopic (exact) mass is 329 g/mol. The Morgan fingerprint density at radius 1 is 1.57 bits per heavy atom. The predicted molar refractivity (Wildman–Crippen MR) is 84.5 cm³/mol. The molecule has 0 aliphatic heterocycles. The third-order valence-electron chi connectivity index (χ3n) is 3.65. The number of likely N-dealkylation sites (N-methyl/N-ethyl adjacent to an activating group) is 1. The number of guanidine groups is 1. The number of aliphatic imine (C=N–C) groups is 1. The van der Waals surface area contributed by atoms with E-state index < -0.39 is 6.55 Å². The van der Waals surface area contributed by atoms with Gasteiger partial charge in [-0.2, -0.15) is 8.78 Å². The van der Waals surface area contributed by atoms with Gasteiger partial charge in [0.2, 0.25) is 0 Å². The van der Waals surface area contributed by atoms with E-state index in [0.717, 1.165) is 17.1 Å². The maximum atomic E-state index is 12.8. The van der Waals surface area contributed by atoms with Crippen LogP contribution in [0.2, 0.25) is 0 Å². The summed E-state index contributed by atoms with van der Waals surface area (Å²) in [6.07, 6.45) is 5.17. The number of ether oxygens (including phenoxy) is 1. The lowest BCUT2D eigenvalue weighted by Crippen LogP contribution is -2.40. The van der Waals surface area contributed by atoms with Crippen LogP contribution in [-0.2, 0) is 11.3 Å². The minimum atomic E-state index is -2.60. The average molecular weight is 329 g/mol. The highest BCUT2D eigenvalue weighted by Gasteiger charge is 2.21. The zero-order chi connectivity index (χ0) is 16.7. The van der Waals surface area contributed by atoms with E-state index in [1.165, 1.54) is 25.2 Å². The van der Waals surface area contributed by atoms with Crippen LogP contribution in [0.3, 0.4) is 0 Å². The van der Waals surface area contributed by atoms with Crippen LogP contribution in [-0.4, -0.2) is 53.8 Å². The molecule has 130 valence electrons. The van der Waals surface area contributed by atoms with E-state index in [9.17, 15) is 8.78 Å². The van der Waals surface area contributed by atoms with Crippen LogP contribution in [0.15, 0.2) is 17.4 Å². The van der Waals surface area contributed by atoms with Crippen molar-refractivity contribution in [2.45, 2.75) is 32.9 Å². The number of hydrogen-bond acceptors (Lipinski definition) is 3. The topological polar surface area (TPSA) is 54.7 Å². The van der Waals surface area contributed by atoms with Crippen LogP contribution in [0.1, 0.15) is 32.1 Å². The lowest BCUT2D eigenvalue weighted by Gasteiger charge is -2.22. The van der Waals surface area contributed by atoms with Gasteiger partial charge in [0.1, 0.15) is 12.4 Å². The number of rotatable bonds is 9. The Morgan fingerprint density at radius 2 is 2.35 bits per heavy atom. The Bertz CT molecular complexity index is 502. The minimum absolute atomic E-state index is 0.104. The Balaban J connectivity index is 1.85. The molecule has 1 aliphatic carbocycles. The van der Waals surface area contributed by atoms with Crippen molar-refractivity contribution < 1.29 is 13.5 Å². The van der Waals surface area contributed by atoms with Crippen LogP contribution in [0.25, 0.3) is 0 Å². The molecule has 1 aromatic heterocycles. The van der Waals surface area contributed by atoms with E-state index in [-0.39, 0.29) is 12.4 Å². The van der Waals surface area contributed by atoms with E-state index in [1.54, 1.807) is 0 Å². The standard InChI is InChI=1S/C15H25F2N5O/c1-3-18-15(21(2)8-9-23-11-12-4-5-12)20-10-13-19-6-7-22(13)14(16)17/h6-7,12,14H,3-5,8-11H2,1-2H3,(H,18,20). The third-order valence-corrected chi connectivity index (χ3v) is 3.65. The lowest BCUT2D eigenvalue weighted by molar-refractivity contribution is 0.0671. The number of alkyl halides is 2. The first-order chi connectivity index (χ1) is 11.1. The van der Waals surface area contributed by atoms with Gasteiger partial charge in [-0.05, 0) is 25.7 Å². The molecule has 1 N–H and O–H groups in total. The highest BCUT2D eigenvalue weighted by Crippen LogP contribution is 2.28. The van der Waals surface area contributed by atoms with Gasteiger partial charge in [0.15, 0.2) is 5.96 Å². The summed E-state index contributed by atoms with van der Waals surface area (Å²) in [7, 11) is 1.90. The van der Waals surface area contributed by atoms with Crippen molar-refractivity contribution in [3.63, 3.8) is 0 Å². The van der Waals surface area contributed by atoms with Gasteiger partial charge in [-0.15, -0.1) is 0 Å². The molecule has 1 fully saturated rings. The summed E-state index contributed by atoms with van der Waals surface area (Å²) in [5.74, 6) is 1.65. The van der Waals surface area contributed by atoms with Gasteiger partial charge in [0.05, 0.1) is 6.61 Å². The molecule has 0 spiro atoms. The molecule has 0 atom stereocenters. The summed E-state index contributed by atoms with van der Waals surface area (Å²) in [6, 6.07) is 0. The second-order valence-corrected chi connectivity index (χ2v) is 5.64. The van der Waals surface area contributed by atoms with Gasteiger partial charge in [0.25, 0.3) is 0 Å². The van der Waals surface area contributed by atoms with Crippen molar-refractivity contribution in [2.24, 2.45) is 10.9 Å².